The number of H-pyrrole nitrogens is 2. The van der Waals surface area contributed by atoms with Crippen molar-refractivity contribution in [2.45, 2.75) is 13.0 Å². The minimum atomic E-state index is -0.193. The Balaban J connectivity index is 2.82. The first-order valence-corrected chi connectivity index (χ1v) is 4.20. The molecule has 0 aliphatic rings. The molecule has 0 amide bonds. The molecule has 0 bridgehead atoms. The van der Waals surface area contributed by atoms with Crippen molar-refractivity contribution in [2.75, 3.05) is 20.6 Å². The highest BCUT2D eigenvalue weighted by Crippen LogP contribution is 2.08. The molecule has 1 aromatic rings. The van der Waals surface area contributed by atoms with Gasteiger partial charge in [0.1, 0.15) is 0 Å². The molecule has 0 saturated heterocycles. The molecular formula is C8H16N4O. The average Bonchev–Trinajstić information content (AvgIpc) is 2.28. The number of rotatable bonds is 3. The van der Waals surface area contributed by atoms with Gasteiger partial charge in [-0.15, -0.1) is 0 Å². The molecule has 74 valence electrons. The molecule has 5 nitrogen and oxygen atoms in total. The molecule has 1 atom stereocenters. The van der Waals surface area contributed by atoms with Crippen molar-refractivity contribution in [1.82, 2.24) is 14.9 Å². The standard InChI is InChI=1S/C8H16N4O/c1-5-7(11-8(13)10-5)6(9)4-12(2)3/h6H,4,9H2,1-3H3,(H2,10,11,13). The summed E-state index contributed by atoms with van der Waals surface area (Å²) in [6.07, 6.45) is 0. The Bertz CT molecular complexity index is 325. The molecule has 1 heterocycles. The van der Waals surface area contributed by atoms with E-state index in [1.165, 1.54) is 0 Å². The molecule has 0 spiro atoms. The monoisotopic (exact) mass is 184 g/mol. The number of aryl methyl sites for hydroxylation is 1. The van der Waals surface area contributed by atoms with E-state index in [1.54, 1.807) is 0 Å². The molecule has 0 aromatic carbocycles. The van der Waals surface area contributed by atoms with Crippen molar-refractivity contribution in [3.05, 3.63) is 21.9 Å². The predicted octanol–water partition coefficient (Wildman–Crippen LogP) is -0.427. The molecule has 1 unspecified atom stereocenters. The van der Waals surface area contributed by atoms with E-state index >= 15 is 0 Å². The fourth-order valence-corrected chi connectivity index (χ4v) is 1.34. The van der Waals surface area contributed by atoms with Crippen LogP contribution in [0.1, 0.15) is 17.4 Å². The topological polar surface area (TPSA) is 77.9 Å². The summed E-state index contributed by atoms with van der Waals surface area (Å²) in [7, 11) is 3.89. The van der Waals surface area contributed by atoms with Gasteiger partial charge in [-0.05, 0) is 21.0 Å². The summed E-state index contributed by atoms with van der Waals surface area (Å²) in [6.45, 7) is 2.55. The van der Waals surface area contributed by atoms with Gasteiger partial charge in [-0.2, -0.15) is 0 Å². The first-order chi connectivity index (χ1) is 6.00. The second-order valence-electron chi connectivity index (χ2n) is 3.49. The molecule has 1 rings (SSSR count). The van der Waals surface area contributed by atoms with Crippen molar-refractivity contribution in [2.24, 2.45) is 5.73 Å². The summed E-state index contributed by atoms with van der Waals surface area (Å²) in [6, 6.07) is -0.144. The normalized spacial score (nSPS) is 13.6. The number of hydrogen-bond donors (Lipinski definition) is 3. The van der Waals surface area contributed by atoms with Gasteiger partial charge in [0.15, 0.2) is 0 Å². The lowest BCUT2D eigenvalue weighted by atomic mass is 10.2. The van der Waals surface area contributed by atoms with Gasteiger partial charge in [0.25, 0.3) is 0 Å². The van der Waals surface area contributed by atoms with E-state index in [2.05, 4.69) is 9.97 Å². The zero-order chi connectivity index (χ0) is 10.0. The van der Waals surface area contributed by atoms with Crippen molar-refractivity contribution in [3.8, 4) is 0 Å². The SMILES string of the molecule is Cc1[nH]c(=O)[nH]c1C(N)CN(C)C. The van der Waals surface area contributed by atoms with Crippen LogP contribution in [-0.4, -0.2) is 35.5 Å². The maximum atomic E-state index is 10.9. The van der Waals surface area contributed by atoms with Crippen LogP contribution in [0.2, 0.25) is 0 Å². The van der Waals surface area contributed by atoms with Gasteiger partial charge in [0, 0.05) is 12.2 Å². The van der Waals surface area contributed by atoms with E-state index in [1.807, 2.05) is 25.9 Å². The lowest BCUT2D eigenvalue weighted by Crippen LogP contribution is -2.27. The van der Waals surface area contributed by atoms with Crippen LogP contribution in [0.15, 0.2) is 4.79 Å². The Morgan fingerprint density at radius 2 is 2.08 bits per heavy atom. The Kier molecular flexibility index (Phi) is 2.90. The number of nitrogens with zero attached hydrogens (tertiary/aromatic N) is 1. The van der Waals surface area contributed by atoms with Crippen molar-refractivity contribution in [3.63, 3.8) is 0 Å². The third-order valence-electron chi connectivity index (χ3n) is 1.89. The van der Waals surface area contributed by atoms with Crippen molar-refractivity contribution >= 4 is 0 Å². The molecule has 0 aliphatic carbocycles. The zero-order valence-corrected chi connectivity index (χ0v) is 8.22. The van der Waals surface area contributed by atoms with Crippen LogP contribution < -0.4 is 11.4 Å². The number of nitrogens with one attached hydrogen (secondary N) is 2. The highest BCUT2D eigenvalue weighted by atomic mass is 16.1. The third-order valence-corrected chi connectivity index (χ3v) is 1.89. The fourth-order valence-electron chi connectivity index (χ4n) is 1.34. The number of aromatic amines is 2. The summed E-state index contributed by atoms with van der Waals surface area (Å²) in [5, 5.41) is 0. The van der Waals surface area contributed by atoms with E-state index in [0.717, 1.165) is 11.4 Å². The first-order valence-electron chi connectivity index (χ1n) is 4.20. The van der Waals surface area contributed by atoms with Gasteiger partial charge in [0.2, 0.25) is 0 Å². The minimum Gasteiger partial charge on any atom is -0.322 e. The van der Waals surface area contributed by atoms with Crippen LogP contribution in [0.5, 0.6) is 0 Å². The molecule has 4 N–H and O–H groups in total. The Morgan fingerprint density at radius 3 is 2.46 bits per heavy atom. The molecular weight excluding hydrogens is 168 g/mol. The average molecular weight is 184 g/mol. The first kappa shape index (κ1) is 10.0. The van der Waals surface area contributed by atoms with E-state index in [9.17, 15) is 4.79 Å². The minimum absolute atomic E-state index is 0.144. The zero-order valence-electron chi connectivity index (χ0n) is 8.22. The van der Waals surface area contributed by atoms with E-state index in [0.29, 0.717) is 6.54 Å². The lowest BCUT2D eigenvalue weighted by Gasteiger charge is -2.15. The van der Waals surface area contributed by atoms with Gasteiger partial charge in [0.05, 0.1) is 11.7 Å². The summed E-state index contributed by atoms with van der Waals surface area (Å²) in [5.41, 5.74) is 7.29. The van der Waals surface area contributed by atoms with Crippen LogP contribution in [0.4, 0.5) is 0 Å². The highest BCUT2D eigenvalue weighted by Gasteiger charge is 2.12. The van der Waals surface area contributed by atoms with E-state index in [-0.39, 0.29) is 11.7 Å². The van der Waals surface area contributed by atoms with Crippen LogP contribution >= 0.6 is 0 Å². The third kappa shape index (κ3) is 2.43. The van der Waals surface area contributed by atoms with Crippen LogP contribution in [0, 0.1) is 6.92 Å². The fraction of sp³-hybridized carbons (Fsp3) is 0.625. The van der Waals surface area contributed by atoms with E-state index < -0.39 is 0 Å². The second kappa shape index (κ2) is 3.76. The summed E-state index contributed by atoms with van der Waals surface area (Å²) in [5.74, 6) is 0. The number of nitrogens with two attached hydrogens (primary N) is 1. The second-order valence-corrected chi connectivity index (χ2v) is 3.49. The van der Waals surface area contributed by atoms with Crippen LogP contribution in [-0.2, 0) is 0 Å². The lowest BCUT2D eigenvalue weighted by molar-refractivity contribution is 0.373. The quantitative estimate of drug-likeness (QED) is 0.596. The summed E-state index contributed by atoms with van der Waals surface area (Å²) >= 11 is 0. The van der Waals surface area contributed by atoms with E-state index in [4.69, 9.17) is 5.73 Å². The van der Waals surface area contributed by atoms with Crippen molar-refractivity contribution < 1.29 is 0 Å². The molecule has 0 saturated carbocycles. The number of imidazole rings is 1. The van der Waals surface area contributed by atoms with Gasteiger partial charge in [-0.25, -0.2) is 4.79 Å². The predicted molar refractivity (Wildman–Crippen MR) is 51.6 cm³/mol. The largest absolute Gasteiger partial charge is 0.323 e. The highest BCUT2D eigenvalue weighted by molar-refractivity contribution is 5.13. The van der Waals surface area contributed by atoms with Gasteiger partial charge < -0.3 is 20.6 Å². The summed E-state index contributed by atoms with van der Waals surface area (Å²) < 4.78 is 0. The Labute approximate surface area is 76.9 Å². The number of aromatic nitrogens is 2. The molecule has 5 heteroatoms. The maximum Gasteiger partial charge on any atom is 0.323 e. The van der Waals surface area contributed by atoms with Gasteiger partial charge >= 0.3 is 5.69 Å². The Hall–Kier alpha value is -1.07. The van der Waals surface area contributed by atoms with Crippen molar-refractivity contribution in [1.29, 1.82) is 0 Å². The van der Waals surface area contributed by atoms with Gasteiger partial charge in [-0.3, -0.25) is 0 Å². The van der Waals surface area contributed by atoms with Crippen LogP contribution in [0.3, 0.4) is 0 Å². The molecule has 0 radical (unpaired) electrons. The molecule has 0 aliphatic heterocycles. The molecule has 1 aromatic heterocycles. The molecule has 13 heavy (non-hydrogen) atoms. The molecule has 0 fully saturated rings. The maximum absolute atomic E-state index is 10.9. The summed E-state index contributed by atoms with van der Waals surface area (Å²) in [4.78, 5) is 18.2. The Morgan fingerprint density at radius 1 is 1.46 bits per heavy atom. The van der Waals surface area contributed by atoms with Crippen LogP contribution in [0.25, 0.3) is 0 Å². The smallest absolute Gasteiger partial charge is 0.322 e. The number of hydrogen-bond acceptors (Lipinski definition) is 3. The van der Waals surface area contributed by atoms with Gasteiger partial charge in [-0.1, -0.05) is 0 Å². The number of likely N-dealkylation sites (N-methyl/N-ethyl adjacent to an activating group) is 1.